The van der Waals surface area contributed by atoms with Crippen molar-refractivity contribution in [2.45, 2.75) is 115 Å². The highest BCUT2D eigenvalue weighted by molar-refractivity contribution is 5.24. The standard InChI is InChI=1S/C26H36F6O2/c1-3-5-18-7-9-20(10-8-18)25(29,30)33-22-14-12-21(13-15-22)26(31,32)34-23-16-11-19(6-4-2)24(27,28)17-23/h7-10,19,21-23H,3-6,11-17H2,1-2H3. The van der Waals surface area contributed by atoms with Crippen LogP contribution in [0.15, 0.2) is 24.3 Å². The summed E-state index contributed by atoms with van der Waals surface area (Å²) >= 11 is 0. The zero-order valence-corrected chi connectivity index (χ0v) is 20.0. The van der Waals surface area contributed by atoms with Gasteiger partial charge in [-0.05, 0) is 56.9 Å². The van der Waals surface area contributed by atoms with E-state index in [1.807, 2.05) is 13.8 Å². The van der Waals surface area contributed by atoms with E-state index in [4.69, 9.17) is 9.47 Å². The Hall–Kier alpha value is -1.28. The first-order valence-electron chi connectivity index (χ1n) is 12.5. The van der Waals surface area contributed by atoms with Crippen molar-refractivity contribution in [1.29, 1.82) is 0 Å². The molecule has 34 heavy (non-hydrogen) atoms. The second kappa shape index (κ2) is 11.2. The van der Waals surface area contributed by atoms with Gasteiger partial charge in [-0.15, -0.1) is 0 Å². The van der Waals surface area contributed by atoms with Gasteiger partial charge in [-0.3, -0.25) is 0 Å². The van der Waals surface area contributed by atoms with Gasteiger partial charge in [-0.2, -0.15) is 17.6 Å². The van der Waals surface area contributed by atoms with Crippen LogP contribution in [0.4, 0.5) is 26.3 Å². The van der Waals surface area contributed by atoms with Gasteiger partial charge in [-0.25, -0.2) is 8.78 Å². The van der Waals surface area contributed by atoms with Crippen LogP contribution in [-0.4, -0.2) is 24.2 Å². The van der Waals surface area contributed by atoms with Gasteiger partial charge < -0.3 is 9.47 Å². The molecule has 0 spiro atoms. The molecule has 0 amide bonds. The molecular weight excluding hydrogens is 458 g/mol. The molecule has 3 rings (SSSR count). The summed E-state index contributed by atoms with van der Waals surface area (Å²) in [5.41, 5.74) is 0.698. The van der Waals surface area contributed by atoms with Crippen molar-refractivity contribution in [1.82, 2.24) is 0 Å². The van der Waals surface area contributed by atoms with Gasteiger partial charge in [0.05, 0.1) is 23.7 Å². The predicted octanol–water partition coefficient (Wildman–Crippen LogP) is 8.48. The van der Waals surface area contributed by atoms with E-state index in [0.29, 0.717) is 12.8 Å². The van der Waals surface area contributed by atoms with Crippen molar-refractivity contribution in [2.75, 3.05) is 0 Å². The van der Waals surface area contributed by atoms with E-state index in [0.717, 1.165) is 18.4 Å². The van der Waals surface area contributed by atoms with Crippen molar-refractivity contribution < 1.29 is 35.8 Å². The Morgan fingerprint density at radius 3 is 2.00 bits per heavy atom. The molecule has 8 heteroatoms. The number of benzene rings is 1. The van der Waals surface area contributed by atoms with Gasteiger partial charge in [0, 0.05) is 12.3 Å². The Bertz CT molecular complexity index is 759. The molecule has 2 nitrogen and oxygen atoms in total. The summed E-state index contributed by atoms with van der Waals surface area (Å²) < 4.78 is 97.3. The molecule has 0 saturated heterocycles. The van der Waals surface area contributed by atoms with Gasteiger partial charge in [0.15, 0.2) is 0 Å². The molecule has 2 aliphatic rings. The normalized spacial score (nSPS) is 28.1. The first kappa shape index (κ1) is 27.3. The van der Waals surface area contributed by atoms with Crippen LogP contribution in [0.1, 0.15) is 89.2 Å². The van der Waals surface area contributed by atoms with Crippen LogP contribution in [0.3, 0.4) is 0 Å². The van der Waals surface area contributed by atoms with E-state index < -0.39 is 48.6 Å². The molecule has 0 N–H and O–H groups in total. The first-order valence-corrected chi connectivity index (χ1v) is 12.5. The summed E-state index contributed by atoms with van der Waals surface area (Å²) in [4.78, 5) is 0. The Labute approximate surface area is 198 Å². The SMILES string of the molecule is CCCc1ccc(C(F)(F)OC2CCC(C(F)(F)OC3CCC(CCC)C(F)(F)C3)CC2)cc1. The summed E-state index contributed by atoms with van der Waals surface area (Å²) in [5, 5.41) is 0. The smallest absolute Gasteiger partial charge is 0.317 e. The highest BCUT2D eigenvalue weighted by Gasteiger charge is 2.50. The van der Waals surface area contributed by atoms with Crippen molar-refractivity contribution in [2.24, 2.45) is 11.8 Å². The number of aryl methyl sites for hydroxylation is 1. The summed E-state index contributed by atoms with van der Waals surface area (Å²) in [7, 11) is 0. The third-order valence-corrected chi connectivity index (χ3v) is 7.19. The molecule has 2 unspecified atom stereocenters. The van der Waals surface area contributed by atoms with E-state index in [9.17, 15) is 26.3 Å². The third-order valence-electron chi connectivity index (χ3n) is 7.19. The lowest BCUT2D eigenvalue weighted by molar-refractivity contribution is -0.318. The molecule has 2 atom stereocenters. The number of rotatable bonds is 10. The van der Waals surface area contributed by atoms with Crippen LogP contribution in [0.5, 0.6) is 0 Å². The Balaban J connectivity index is 1.50. The number of ether oxygens (including phenoxy) is 2. The lowest BCUT2D eigenvalue weighted by Crippen LogP contribution is -2.44. The summed E-state index contributed by atoms with van der Waals surface area (Å²) in [6, 6.07) is 5.96. The average molecular weight is 495 g/mol. The van der Waals surface area contributed by atoms with E-state index in [1.165, 1.54) is 12.1 Å². The lowest BCUT2D eigenvalue weighted by atomic mass is 9.81. The maximum absolute atomic E-state index is 14.8. The molecule has 2 aliphatic carbocycles. The second-order valence-electron chi connectivity index (χ2n) is 9.88. The van der Waals surface area contributed by atoms with E-state index in [2.05, 4.69) is 0 Å². The second-order valence-corrected chi connectivity index (χ2v) is 9.88. The number of alkyl halides is 6. The maximum Gasteiger partial charge on any atom is 0.383 e. The van der Waals surface area contributed by atoms with Crippen LogP contribution in [0, 0.1) is 11.8 Å². The minimum Gasteiger partial charge on any atom is -0.317 e. The molecule has 0 aromatic heterocycles. The number of hydrogen-bond acceptors (Lipinski definition) is 2. The van der Waals surface area contributed by atoms with Gasteiger partial charge in [0.25, 0.3) is 5.92 Å². The highest BCUT2D eigenvalue weighted by Crippen LogP contribution is 2.46. The molecule has 0 aliphatic heterocycles. The van der Waals surface area contributed by atoms with Crippen LogP contribution in [0.2, 0.25) is 0 Å². The summed E-state index contributed by atoms with van der Waals surface area (Å²) in [6.45, 7) is 3.83. The molecule has 2 fully saturated rings. The fraction of sp³-hybridized carbons (Fsp3) is 0.769. The van der Waals surface area contributed by atoms with Gasteiger partial charge in [0.1, 0.15) is 0 Å². The number of hydrogen-bond donors (Lipinski definition) is 0. The monoisotopic (exact) mass is 494 g/mol. The zero-order valence-electron chi connectivity index (χ0n) is 20.0. The molecule has 0 radical (unpaired) electrons. The maximum atomic E-state index is 14.8. The van der Waals surface area contributed by atoms with Crippen molar-refractivity contribution in [3.8, 4) is 0 Å². The topological polar surface area (TPSA) is 18.5 Å². The van der Waals surface area contributed by atoms with Crippen molar-refractivity contribution in [3.05, 3.63) is 35.4 Å². The summed E-state index contributed by atoms with van der Waals surface area (Å²) in [6.07, 6.45) is -6.86. The minimum atomic E-state index is -3.57. The Morgan fingerprint density at radius 2 is 1.44 bits per heavy atom. The number of halogens is 6. The molecule has 194 valence electrons. The van der Waals surface area contributed by atoms with Crippen LogP contribution in [0.25, 0.3) is 0 Å². The van der Waals surface area contributed by atoms with Crippen molar-refractivity contribution in [3.63, 3.8) is 0 Å². The largest absolute Gasteiger partial charge is 0.383 e. The average Bonchev–Trinajstić information content (AvgIpc) is 2.76. The quantitative estimate of drug-likeness (QED) is 0.304. The third kappa shape index (κ3) is 6.90. The van der Waals surface area contributed by atoms with Gasteiger partial charge in [-0.1, -0.05) is 51.0 Å². The van der Waals surface area contributed by atoms with E-state index in [1.54, 1.807) is 12.1 Å². The molecule has 0 bridgehead atoms. The Morgan fingerprint density at radius 1 is 0.824 bits per heavy atom. The van der Waals surface area contributed by atoms with Gasteiger partial charge in [0.2, 0.25) is 0 Å². The van der Waals surface area contributed by atoms with Crippen LogP contribution < -0.4 is 0 Å². The van der Waals surface area contributed by atoms with E-state index in [-0.39, 0.29) is 44.1 Å². The van der Waals surface area contributed by atoms with Crippen LogP contribution in [-0.2, 0) is 22.0 Å². The lowest BCUT2D eigenvalue weighted by Gasteiger charge is -2.40. The Kier molecular flexibility index (Phi) is 8.99. The van der Waals surface area contributed by atoms with Crippen LogP contribution >= 0.6 is 0 Å². The molecular formula is C26H36F6O2. The fourth-order valence-corrected chi connectivity index (χ4v) is 5.24. The predicted molar refractivity (Wildman–Crippen MR) is 118 cm³/mol. The molecule has 1 aromatic rings. The fourth-order valence-electron chi connectivity index (χ4n) is 5.24. The van der Waals surface area contributed by atoms with Crippen molar-refractivity contribution >= 4 is 0 Å². The minimum absolute atomic E-state index is 0.0343. The molecule has 0 heterocycles. The van der Waals surface area contributed by atoms with E-state index >= 15 is 0 Å². The first-order chi connectivity index (χ1) is 16.0. The summed E-state index contributed by atoms with van der Waals surface area (Å²) in [5.74, 6) is -5.00. The highest BCUT2D eigenvalue weighted by atomic mass is 19.3. The van der Waals surface area contributed by atoms with Gasteiger partial charge >= 0.3 is 12.2 Å². The molecule has 1 aromatic carbocycles. The zero-order chi connectivity index (χ0) is 25.0. The molecule has 2 saturated carbocycles.